The highest BCUT2D eigenvalue weighted by Gasteiger charge is 2.05. The molecule has 4 nitrogen and oxygen atoms in total. The van der Waals surface area contributed by atoms with Gasteiger partial charge in [0, 0.05) is 19.1 Å². The molecule has 0 aliphatic rings. The van der Waals surface area contributed by atoms with E-state index in [0.717, 1.165) is 0 Å². The summed E-state index contributed by atoms with van der Waals surface area (Å²) in [7, 11) is 3.07. The second kappa shape index (κ2) is 4.50. The maximum Gasteiger partial charge on any atom is 0.221 e. The van der Waals surface area contributed by atoms with Crippen LogP contribution in [0.5, 0.6) is 11.5 Å². The fourth-order valence-corrected chi connectivity index (χ4v) is 1.03. The molecule has 1 radical (unpaired) electrons. The number of amides is 1. The molecule has 0 unspecified atom stereocenters. The van der Waals surface area contributed by atoms with Gasteiger partial charge in [-0.1, -0.05) is 0 Å². The van der Waals surface area contributed by atoms with Crippen molar-refractivity contribution in [2.75, 3.05) is 19.5 Å². The number of carbonyl (C=O) groups excluding carboxylic acids is 1. The van der Waals surface area contributed by atoms with Crippen LogP contribution in [0.4, 0.5) is 5.69 Å². The normalized spacial score (nSPS) is 9.36. The van der Waals surface area contributed by atoms with Crippen LogP contribution in [-0.4, -0.2) is 20.1 Å². The minimum Gasteiger partial charge on any atom is -0.496 e. The number of hydrogen-bond donors (Lipinski definition) is 1. The van der Waals surface area contributed by atoms with Crippen molar-refractivity contribution < 1.29 is 14.3 Å². The number of benzene rings is 1. The summed E-state index contributed by atoms with van der Waals surface area (Å²) in [5.74, 6) is 0.951. The van der Waals surface area contributed by atoms with Crippen molar-refractivity contribution in [3.05, 3.63) is 18.2 Å². The van der Waals surface area contributed by atoms with Gasteiger partial charge in [0.1, 0.15) is 11.5 Å². The standard InChI is InChI=1S/C10H12NO3/c1-7(12)11-9-6-8(13-2)4-5-10(9)14-3/h5-6H,1-3H3,(H,11,12). The van der Waals surface area contributed by atoms with E-state index in [1.165, 1.54) is 21.1 Å². The molecular weight excluding hydrogens is 182 g/mol. The van der Waals surface area contributed by atoms with Crippen LogP contribution in [0.1, 0.15) is 6.92 Å². The van der Waals surface area contributed by atoms with E-state index >= 15 is 0 Å². The van der Waals surface area contributed by atoms with Gasteiger partial charge < -0.3 is 14.8 Å². The van der Waals surface area contributed by atoms with E-state index in [1.807, 2.05) is 0 Å². The molecule has 4 heteroatoms. The quantitative estimate of drug-likeness (QED) is 0.792. The second-order valence-corrected chi connectivity index (χ2v) is 2.66. The van der Waals surface area contributed by atoms with E-state index in [0.29, 0.717) is 17.2 Å². The van der Waals surface area contributed by atoms with Crippen molar-refractivity contribution >= 4 is 11.6 Å². The Morgan fingerprint density at radius 2 is 2.14 bits per heavy atom. The monoisotopic (exact) mass is 194 g/mol. The summed E-state index contributed by atoms with van der Waals surface area (Å²) in [5.41, 5.74) is 0.579. The molecule has 1 aromatic carbocycles. The highest BCUT2D eigenvalue weighted by atomic mass is 16.5. The molecule has 1 amide bonds. The first kappa shape index (κ1) is 10.4. The molecule has 0 heterocycles. The lowest BCUT2D eigenvalue weighted by molar-refractivity contribution is -0.114. The van der Waals surface area contributed by atoms with Crippen molar-refractivity contribution in [3.63, 3.8) is 0 Å². The van der Waals surface area contributed by atoms with Gasteiger partial charge in [0.15, 0.2) is 0 Å². The van der Waals surface area contributed by atoms with Gasteiger partial charge in [-0.25, -0.2) is 0 Å². The first-order valence-corrected chi connectivity index (χ1v) is 4.08. The van der Waals surface area contributed by atoms with Gasteiger partial charge >= 0.3 is 0 Å². The van der Waals surface area contributed by atoms with Crippen LogP contribution in [0.25, 0.3) is 0 Å². The van der Waals surface area contributed by atoms with Gasteiger partial charge in [0.25, 0.3) is 0 Å². The number of anilines is 1. The summed E-state index contributed by atoms with van der Waals surface area (Å²) in [6.07, 6.45) is 0. The first-order valence-electron chi connectivity index (χ1n) is 4.08. The van der Waals surface area contributed by atoms with E-state index in [2.05, 4.69) is 11.4 Å². The largest absolute Gasteiger partial charge is 0.496 e. The fourth-order valence-electron chi connectivity index (χ4n) is 1.03. The summed E-state index contributed by atoms with van der Waals surface area (Å²) >= 11 is 0. The van der Waals surface area contributed by atoms with Gasteiger partial charge in [0.05, 0.1) is 19.9 Å². The number of rotatable bonds is 3. The Morgan fingerprint density at radius 3 is 2.64 bits per heavy atom. The Bertz CT molecular complexity index is 336. The Kier molecular flexibility index (Phi) is 3.34. The zero-order chi connectivity index (χ0) is 10.6. The lowest BCUT2D eigenvalue weighted by Gasteiger charge is -2.09. The highest BCUT2D eigenvalue weighted by molar-refractivity contribution is 5.90. The minimum absolute atomic E-state index is 0.156. The van der Waals surface area contributed by atoms with Crippen molar-refractivity contribution in [1.82, 2.24) is 0 Å². The SMILES string of the molecule is COc1[c]cc(OC)c(NC(C)=O)c1. The second-order valence-electron chi connectivity index (χ2n) is 2.66. The van der Waals surface area contributed by atoms with Crippen molar-refractivity contribution in [2.24, 2.45) is 0 Å². The third kappa shape index (κ3) is 2.39. The van der Waals surface area contributed by atoms with Crippen LogP contribution in [0, 0.1) is 6.07 Å². The molecule has 14 heavy (non-hydrogen) atoms. The van der Waals surface area contributed by atoms with Gasteiger partial charge in [-0.3, -0.25) is 4.79 Å². The Balaban J connectivity index is 3.01. The van der Waals surface area contributed by atoms with Crippen molar-refractivity contribution in [1.29, 1.82) is 0 Å². The van der Waals surface area contributed by atoms with E-state index in [4.69, 9.17) is 9.47 Å². The van der Waals surface area contributed by atoms with E-state index in [9.17, 15) is 4.79 Å². The van der Waals surface area contributed by atoms with Gasteiger partial charge in [-0.2, -0.15) is 0 Å². The molecule has 1 N–H and O–H groups in total. The molecule has 0 aliphatic carbocycles. The number of carbonyl (C=O) groups is 1. The topological polar surface area (TPSA) is 47.6 Å². The van der Waals surface area contributed by atoms with Crippen LogP contribution in [-0.2, 0) is 4.79 Å². The summed E-state index contributed by atoms with van der Waals surface area (Å²) in [4.78, 5) is 10.9. The van der Waals surface area contributed by atoms with Crippen molar-refractivity contribution in [2.45, 2.75) is 6.92 Å². The lowest BCUT2D eigenvalue weighted by Crippen LogP contribution is -2.07. The smallest absolute Gasteiger partial charge is 0.221 e. The Hall–Kier alpha value is -1.71. The number of methoxy groups -OCH3 is 2. The Labute approximate surface area is 82.8 Å². The molecule has 0 aliphatic heterocycles. The molecule has 0 aromatic heterocycles. The van der Waals surface area contributed by atoms with Gasteiger partial charge in [-0.05, 0) is 6.07 Å². The van der Waals surface area contributed by atoms with Crippen LogP contribution in [0.15, 0.2) is 12.1 Å². The predicted octanol–water partition coefficient (Wildman–Crippen LogP) is 1.46. The lowest BCUT2D eigenvalue weighted by atomic mass is 10.2. The van der Waals surface area contributed by atoms with E-state index in [-0.39, 0.29) is 5.91 Å². The molecule has 1 aromatic rings. The number of nitrogens with one attached hydrogen (secondary N) is 1. The predicted molar refractivity (Wildman–Crippen MR) is 52.7 cm³/mol. The van der Waals surface area contributed by atoms with Crippen LogP contribution >= 0.6 is 0 Å². The fraction of sp³-hybridized carbons (Fsp3) is 0.300. The third-order valence-electron chi connectivity index (χ3n) is 1.64. The summed E-state index contributed by atoms with van der Waals surface area (Å²) < 4.78 is 10.0. The molecule has 0 bridgehead atoms. The Morgan fingerprint density at radius 1 is 1.43 bits per heavy atom. The summed E-state index contributed by atoms with van der Waals surface area (Å²) in [6, 6.07) is 6.12. The average Bonchev–Trinajstić information content (AvgIpc) is 2.16. The zero-order valence-electron chi connectivity index (χ0n) is 8.38. The maximum absolute atomic E-state index is 10.9. The minimum atomic E-state index is -0.156. The summed E-state index contributed by atoms with van der Waals surface area (Å²) in [6.45, 7) is 1.43. The summed E-state index contributed by atoms with van der Waals surface area (Å²) in [5, 5.41) is 2.64. The van der Waals surface area contributed by atoms with Crippen LogP contribution < -0.4 is 14.8 Å². The first-order chi connectivity index (χ1) is 6.67. The van der Waals surface area contributed by atoms with Crippen molar-refractivity contribution in [3.8, 4) is 11.5 Å². The van der Waals surface area contributed by atoms with Crippen LogP contribution in [0.2, 0.25) is 0 Å². The zero-order valence-corrected chi connectivity index (χ0v) is 8.38. The molecular formula is C10H12NO3. The van der Waals surface area contributed by atoms with Gasteiger partial charge in [-0.15, -0.1) is 0 Å². The van der Waals surface area contributed by atoms with E-state index in [1.54, 1.807) is 12.1 Å². The number of ether oxygens (including phenoxy) is 2. The molecule has 0 atom stereocenters. The average molecular weight is 194 g/mol. The molecule has 1 rings (SSSR count). The molecule has 0 fully saturated rings. The molecule has 75 valence electrons. The molecule has 0 spiro atoms. The number of hydrogen-bond acceptors (Lipinski definition) is 3. The van der Waals surface area contributed by atoms with Crippen LogP contribution in [0.3, 0.4) is 0 Å². The van der Waals surface area contributed by atoms with Gasteiger partial charge in [0.2, 0.25) is 5.91 Å². The molecule has 0 saturated carbocycles. The maximum atomic E-state index is 10.9. The highest BCUT2D eigenvalue weighted by Crippen LogP contribution is 2.28. The van der Waals surface area contributed by atoms with E-state index < -0.39 is 0 Å². The molecule has 0 saturated heterocycles. The third-order valence-corrected chi connectivity index (χ3v) is 1.64.